The Hall–Kier alpha value is -2.27. The summed E-state index contributed by atoms with van der Waals surface area (Å²) >= 11 is 0. The molecule has 0 saturated carbocycles. The molecule has 23 heavy (non-hydrogen) atoms. The predicted octanol–water partition coefficient (Wildman–Crippen LogP) is 2.49. The van der Waals surface area contributed by atoms with Crippen molar-refractivity contribution in [2.75, 3.05) is 6.54 Å². The smallest absolute Gasteiger partial charge is 0.223 e. The fourth-order valence-electron chi connectivity index (χ4n) is 3.01. The van der Waals surface area contributed by atoms with Gasteiger partial charge in [-0.05, 0) is 42.7 Å². The van der Waals surface area contributed by atoms with Crippen LogP contribution in [0, 0.1) is 5.82 Å². The van der Waals surface area contributed by atoms with Crippen LogP contribution in [0.25, 0.3) is 0 Å². The number of hydrogen-bond acceptors (Lipinski definition) is 3. The number of aliphatic hydroxyl groups excluding tert-OH is 1. The Morgan fingerprint density at radius 3 is 2.74 bits per heavy atom. The standard InChI is InChI=1S/C18H19FN2O2/c19-14-6-4-13(5-7-14)17-11-16(22)12-21(17)18(23)9-8-15-3-1-2-10-20-15/h1-7,10,16-17,22H,8-9,11-12H2/t16-,17-/m1/s1. The van der Waals surface area contributed by atoms with Crippen LogP contribution >= 0.6 is 0 Å². The summed E-state index contributed by atoms with van der Waals surface area (Å²) in [5.41, 5.74) is 1.73. The van der Waals surface area contributed by atoms with E-state index in [1.165, 1.54) is 12.1 Å². The third kappa shape index (κ3) is 3.74. The number of aliphatic hydroxyl groups is 1. The van der Waals surface area contributed by atoms with E-state index in [9.17, 15) is 14.3 Å². The van der Waals surface area contributed by atoms with Crippen LogP contribution in [0.15, 0.2) is 48.7 Å². The maximum atomic E-state index is 13.1. The lowest BCUT2D eigenvalue weighted by atomic mass is 10.0. The van der Waals surface area contributed by atoms with Crippen LogP contribution in [0.1, 0.15) is 30.1 Å². The number of β-amino-alcohol motifs (C(OH)–C–C–N with tert-alkyl or cyclic N) is 1. The number of hydrogen-bond donors (Lipinski definition) is 1. The highest BCUT2D eigenvalue weighted by atomic mass is 19.1. The molecule has 1 saturated heterocycles. The minimum Gasteiger partial charge on any atom is -0.391 e. The lowest BCUT2D eigenvalue weighted by molar-refractivity contribution is -0.132. The summed E-state index contributed by atoms with van der Waals surface area (Å²) in [5.74, 6) is -0.318. The van der Waals surface area contributed by atoms with Crippen molar-refractivity contribution >= 4 is 5.91 Å². The van der Waals surface area contributed by atoms with Crippen LogP contribution in [0.3, 0.4) is 0 Å². The molecule has 1 N–H and O–H groups in total. The molecule has 1 aromatic heterocycles. The van der Waals surface area contributed by atoms with Gasteiger partial charge >= 0.3 is 0 Å². The van der Waals surface area contributed by atoms with Crippen LogP contribution < -0.4 is 0 Å². The molecule has 2 heterocycles. The number of carbonyl (C=O) groups is 1. The average molecular weight is 314 g/mol. The van der Waals surface area contributed by atoms with E-state index in [0.29, 0.717) is 25.8 Å². The molecule has 0 spiro atoms. The maximum absolute atomic E-state index is 13.1. The molecule has 1 aromatic carbocycles. The number of aryl methyl sites for hydroxylation is 1. The van der Waals surface area contributed by atoms with E-state index >= 15 is 0 Å². The van der Waals surface area contributed by atoms with E-state index in [1.807, 2.05) is 18.2 Å². The van der Waals surface area contributed by atoms with Crippen molar-refractivity contribution in [1.82, 2.24) is 9.88 Å². The van der Waals surface area contributed by atoms with Crippen molar-refractivity contribution in [2.45, 2.75) is 31.4 Å². The molecule has 120 valence electrons. The first kappa shape index (κ1) is 15.6. The van der Waals surface area contributed by atoms with Crippen LogP contribution in [-0.2, 0) is 11.2 Å². The molecular formula is C18H19FN2O2. The Kier molecular flexibility index (Phi) is 4.67. The van der Waals surface area contributed by atoms with Crippen molar-refractivity contribution in [3.8, 4) is 0 Å². The second-order valence-corrected chi connectivity index (χ2v) is 5.82. The second-order valence-electron chi connectivity index (χ2n) is 5.82. The lowest BCUT2D eigenvalue weighted by Crippen LogP contribution is -2.32. The third-order valence-electron chi connectivity index (χ3n) is 4.18. The molecule has 1 aliphatic heterocycles. The average Bonchev–Trinajstić information content (AvgIpc) is 2.96. The minimum atomic E-state index is -0.538. The molecule has 1 aliphatic rings. The van der Waals surface area contributed by atoms with E-state index in [2.05, 4.69) is 4.98 Å². The summed E-state index contributed by atoms with van der Waals surface area (Å²) in [7, 11) is 0. The van der Waals surface area contributed by atoms with E-state index in [0.717, 1.165) is 11.3 Å². The van der Waals surface area contributed by atoms with Gasteiger partial charge < -0.3 is 10.0 Å². The zero-order chi connectivity index (χ0) is 16.2. The maximum Gasteiger partial charge on any atom is 0.223 e. The zero-order valence-electron chi connectivity index (χ0n) is 12.7. The van der Waals surface area contributed by atoms with Gasteiger partial charge in [0.25, 0.3) is 0 Å². The molecule has 0 bridgehead atoms. The van der Waals surface area contributed by atoms with Gasteiger partial charge in [0.15, 0.2) is 0 Å². The van der Waals surface area contributed by atoms with Crippen molar-refractivity contribution in [3.63, 3.8) is 0 Å². The van der Waals surface area contributed by atoms with E-state index < -0.39 is 6.10 Å². The normalized spacial score (nSPS) is 20.7. The van der Waals surface area contributed by atoms with Crippen LogP contribution in [0.2, 0.25) is 0 Å². The number of amides is 1. The fourth-order valence-corrected chi connectivity index (χ4v) is 3.01. The van der Waals surface area contributed by atoms with Gasteiger partial charge in [0, 0.05) is 24.9 Å². The topological polar surface area (TPSA) is 53.4 Å². The second kappa shape index (κ2) is 6.87. The summed E-state index contributed by atoms with van der Waals surface area (Å²) < 4.78 is 13.1. The van der Waals surface area contributed by atoms with Crippen molar-refractivity contribution in [1.29, 1.82) is 0 Å². The van der Waals surface area contributed by atoms with Crippen LogP contribution in [0.4, 0.5) is 4.39 Å². The first-order chi connectivity index (χ1) is 11.1. The van der Waals surface area contributed by atoms with Crippen LogP contribution in [-0.4, -0.2) is 33.5 Å². The van der Waals surface area contributed by atoms with E-state index in [4.69, 9.17) is 0 Å². The van der Waals surface area contributed by atoms with Gasteiger partial charge in [-0.25, -0.2) is 4.39 Å². The summed E-state index contributed by atoms with van der Waals surface area (Å²) in [6.45, 7) is 0.323. The van der Waals surface area contributed by atoms with Crippen molar-refractivity contribution in [2.24, 2.45) is 0 Å². The zero-order valence-corrected chi connectivity index (χ0v) is 12.7. The molecule has 0 radical (unpaired) electrons. The highest BCUT2D eigenvalue weighted by Crippen LogP contribution is 2.32. The molecule has 0 unspecified atom stereocenters. The van der Waals surface area contributed by atoms with Crippen molar-refractivity contribution in [3.05, 3.63) is 65.7 Å². The molecule has 1 amide bonds. The number of nitrogens with zero attached hydrogens (tertiary/aromatic N) is 2. The van der Waals surface area contributed by atoms with Gasteiger partial charge in [-0.3, -0.25) is 9.78 Å². The minimum absolute atomic E-state index is 0.0125. The predicted molar refractivity (Wildman–Crippen MR) is 84.0 cm³/mol. The summed E-state index contributed by atoms with van der Waals surface area (Å²) in [5, 5.41) is 9.94. The number of benzene rings is 1. The molecule has 3 rings (SSSR count). The molecule has 5 heteroatoms. The highest BCUT2D eigenvalue weighted by Gasteiger charge is 2.34. The first-order valence-corrected chi connectivity index (χ1v) is 7.76. The van der Waals surface area contributed by atoms with E-state index in [1.54, 1.807) is 23.2 Å². The molecule has 1 fully saturated rings. The Bertz CT molecular complexity index is 660. The van der Waals surface area contributed by atoms with Gasteiger partial charge in [-0.2, -0.15) is 0 Å². The van der Waals surface area contributed by atoms with E-state index in [-0.39, 0.29) is 17.8 Å². The van der Waals surface area contributed by atoms with Gasteiger partial charge in [0.1, 0.15) is 5.82 Å². The van der Waals surface area contributed by atoms with Gasteiger partial charge in [-0.1, -0.05) is 18.2 Å². The number of likely N-dealkylation sites (tertiary alicyclic amines) is 1. The van der Waals surface area contributed by atoms with Crippen molar-refractivity contribution < 1.29 is 14.3 Å². The SMILES string of the molecule is O=C(CCc1ccccn1)N1C[C@H](O)C[C@@H]1c1ccc(F)cc1. The largest absolute Gasteiger partial charge is 0.391 e. The third-order valence-corrected chi connectivity index (χ3v) is 4.18. The molecule has 2 atom stereocenters. The Morgan fingerprint density at radius 2 is 2.04 bits per heavy atom. The fraction of sp³-hybridized carbons (Fsp3) is 0.333. The Labute approximate surface area is 134 Å². The Balaban J connectivity index is 1.69. The molecule has 2 aromatic rings. The number of halogens is 1. The van der Waals surface area contributed by atoms with Gasteiger partial charge in [0.2, 0.25) is 5.91 Å². The van der Waals surface area contributed by atoms with Gasteiger partial charge in [0.05, 0.1) is 12.1 Å². The number of rotatable bonds is 4. The summed E-state index contributed by atoms with van der Waals surface area (Å²) in [4.78, 5) is 18.4. The van der Waals surface area contributed by atoms with Crippen LogP contribution in [0.5, 0.6) is 0 Å². The molecular weight excluding hydrogens is 295 g/mol. The quantitative estimate of drug-likeness (QED) is 0.943. The number of pyridine rings is 1. The van der Waals surface area contributed by atoms with Gasteiger partial charge in [-0.15, -0.1) is 0 Å². The lowest BCUT2D eigenvalue weighted by Gasteiger charge is -2.25. The molecule has 0 aliphatic carbocycles. The first-order valence-electron chi connectivity index (χ1n) is 7.76. The monoisotopic (exact) mass is 314 g/mol. The highest BCUT2D eigenvalue weighted by molar-refractivity contribution is 5.77. The number of aromatic nitrogens is 1. The summed E-state index contributed by atoms with van der Waals surface area (Å²) in [6.07, 6.45) is 2.58. The Morgan fingerprint density at radius 1 is 1.26 bits per heavy atom. The number of carbonyl (C=O) groups excluding carboxylic acids is 1. The molecule has 4 nitrogen and oxygen atoms in total. The summed E-state index contributed by atoms with van der Waals surface area (Å²) in [6, 6.07) is 11.6.